The molecule has 0 aliphatic carbocycles. The summed E-state index contributed by atoms with van der Waals surface area (Å²) in [7, 11) is 1.64. The second-order valence-corrected chi connectivity index (χ2v) is 4.08. The Morgan fingerprint density at radius 3 is 2.69 bits per heavy atom. The smallest absolute Gasteiger partial charge is 0.143 e. The molecule has 0 saturated heterocycles. The lowest BCUT2D eigenvalue weighted by Crippen LogP contribution is -1.89. The molecule has 0 saturated carbocycles. The Hall–Kier alpha value is -1.95. The highest BCUT2D eigenvalue weighted by Crippen LogP contribution is 2.33. The third-order valence-corrected chi connectivity index (χ3v) is 2.79. The number of ether oxygens (including phenoxy) is 1. The second-order valence-electron chi connectivity index (χ2n) is 4.08. The van der Waals surface area contributed by atoms with Crippen LogP contribution in [0.5, 0.6) is 5.75 Å². The molecule has 0 amide bonds. The fourth-order valence-electron chi connectivity index (χ4n) is 1.97. The number of H-pyrrole nitrogens is 1. The summed E-state index contributed by atoms with van der Waals surface area (Å²) in [6.07, 6.45) is 1.96. The molecule has 1 heterocycles. The van der Waals surface area contributed by atoms with Crippen LogP contribution >= 0.6 is 0 Å². The lowest BCUT2D eigenvalue weighted by Gasteiger charge is -2.06. The molecule has 3 nitrogen and oxygen atoms in total. The van der Waals surface area contributed by atoms with Crippen molar-refractivity contribution in [3.63, 3.8) is 0 Å². The van der Waals surface area contributed by atoms with E-state index in [1.165, 1.54) is 0 Å². The highest BCUT2D eigenvalue weighted by molar-refractivity contribution is 5.93. The van der Waals surface area contributed by atoms with E-state index in [4.69, 9.17) is 10.00 Å². The summed E-state index contributed by atoms with van der Waals surface area (Å²) in [6, 6.07) is 5.85. The zero-order valence-corrected chi connectivity index (χ0v) is 9.66. The predicted molar refractivity (Wildman–Crippen MR) is 63.7 cm³/mol. The summed E-state index contributed by atoms with van der Waals surface area (Å²) >= 11 is 0. The molecule has 0 aliphatic rings. The van der Waals surface area contributed by atoms with Crippen molar-refractivity contribution in [1.82, 2.24) is 4.98 Å². The molecule has 1 aromatic heterocycles. The number of benzene rings is 1. The normalized spacial score (nSPS) is 10.7. The molecular formula is C13H14N2O. The molecule has 1 N–H and O–H groups in total. The first-order valence-corrected chi connectivity index (χ1v) is 5.27. The van der Waals surface area contributed by atoms with Gasteiger partial charge in [0.05, 0.1) is 24.3 Å². The van der Waals surface area contributed by atoms with Gasteiger partial charge in [-0.15, -0.1) is 0 Å². The monoisotopic (exact) mass is 214 g/mol. The molecule has 2 rings (SSSR count). The van der Waals surface area contributed by atoms with E-state index >= 15 is 0 Å². The van der Waals surface area contributed by atoms with Crippen LogP contribution in [0.2, 0.25) is 0 Å². The van der Waals surface area contributed by atoms with Crippen molar-refractivity contribution in [3.8, 4) is 11.8 Å². The Morgan fingerprint density at radius 1 is 1.38 bits per heavy atom. The van der Waals surface area contributed by atoms with E-state index in [1.54, 1.807) is 13.2 Å². The maximum atomic E-state index is 9.12. The van der Waals surface area contributed by atoms with E-state index in [2.05, 4.69) is 24.9 Å². The van der Waals surface area contributed by atoms with Crippen molar-refractivity contribution in [3.05, 3.63) is 29.5 Å². The van der Waals surface area contributed by atoms with Crippen LogP contribution in [0.15, 0.2) is 18.3 Å². The molecule has 0 atom stereocenters. The number of rotatable bonds is 2. The van der Waals surface area contributed by atoms with Gasteiger partial charge in [-0.2, -0.15) is 5.26 Å². The van der Waals surface area contributed by atoms with Crippen molar-refractivity contribution in [2.24, 2.45) is 0 Å². The van der Waals surface area contributed by atoms with Gasteiger partial charge in [0.25, 0.3) is 0 Å². The van der Waals surface area contributed by atoms with Gasteiger partial charge >= 0.3 is 0 Å². The van der Waals surface area contributed by atoms with E-state index in [-0.39, 0.29) is 0 Å². The largest absolute Gasteiger partial charge is 0.495 e. The standard InChI is InChI=1S/C13H14N2O/c1-8(2)10-7-15-13-11(16-3)5-4-9(6-14)12(10)13/h4-5,7-8,15H,1-3H3. The molecule has 0 fully saturated rings. The van der Waals surface area contributed by atoms with Gasteiger partial charge in [0.1, 0.15) is 5.75 Å². The topological polar surface area (TPSA) is 48.8 Å². The number of hydrogen-bond acceptors (Lipinski definition) is 2. The van der Waals surface area contributed by atoms with Gasteiger partial charge in [-0.05, 0) is 23.6 Å². The number of aromatic nitrogens is 1. The fraction of sp³-hybridized carbons (Fsp3) is 0.308. The third kappa shape index (κ3) is 1.43. The number of methoxy groups -OCH3 is 1. The van der Waals surface area contributed by atoms with Crippen molar-refractivity contribution >= 4 is 10.9 Å². The third-order valence-electron chi connectivity index (χ3n) is 2.79. The quantitative estimate of drug-likeness (QED) is 0.834. The Labute approximate surface area is 94.7 Å². The molecule has 0 bridgehead atoms. The van der Waals surface area contributed by atoms with Gasteiger partial charge in [-0.3, -0.25) is 0 Å². The fourth-order valence-corrected chi connectivity index (χ4v) is 1.97. The number of fused-ring (bicyclic) bond motifs is 1. The van der Waals surface area contributed by atoms with E-state index < -0.39 is 0 Å². The Morgan fingerprint density at radius 2 is 2.12 bits per heavy atom. The minimum absolute atomic E-state index is 0.382. The van der Waals surface area contributed by atoms with Crippen LogP contribution in [0.4, 0.5) is 0 Å². The van der Waals surface area contributed by atoms with Gasteiger partial charge in [0.2, 0.25) is 0 Å². The molecule has 0 radical (unpaired) electrons. The first-order chi connectivity index (χ1) is 7.69. The highest BCUT2D eigenvalue weighted by atomic mass is 16.5. The number of hydrogen-bond donors (Lipinski definition) is 1. The zero-order valence-electron chi connectivity index (χ0n) is 9.66. The minimum Gasteiger partial charge on any atom is -0.495 e. The maximum Gasteiger partial charge on any atom is 0.143 e. The summed E-state index contributed by atoms with van der Waals surface area (Å²) in [5, 5.41) is 10.1. The average Bonchev–Trinajstić information content (AvgIpc) is 2.72. The highest BCUT2D eigenvalue weighted by Gasteiger charge is 2.14. The Balaban J connectivity index is 2.84. The Kier molecular flexibility index (Phi) is 2.57. The van der Waals surface area contributed by atoms with Crippen LogP contribution in [0, 0.1) is 11.3 Å². The van der Waals surface area contributed by atoms with Gasteiger partial charge < -0.3 is 9.72 Å². The summed E-state index contributed by atoms with van der Waals surface area (Å²) in [5.41, 5.74) is 2.76. The van der Waals surface area contributed by atoms with Crippen LogP contribution in [0.1, 0.15) is 30.9 Å². The zero-order chi connectivity index (χ0) is 11.7. The van der Waals surface area contributed by atoms with Crippen molar-refractivity contribution in [2.75, 3.05) is 7.11 Å². The van der Waals surface area contributed by atoms with Crippen LogP contribution in [0.25, 0.3) is 10.9 Å². The molecule has 1 aromatic carbocycles. The lowest BCUT2D eigenvalue weighted by atomic mass is 9.99. The van der Waals surface area contributed by atoms with Crippen LogP contribution in [-0.4, -0.2) is 12.1 Å². The average molecular weight is 214 g/mol. The van der Waals surface area contributed by atoms with E-state index in [0.717, 1.165) is 22.2 Å². The van der Waals surface area contributed by atoms with Crippen molar-refractivity contribution in [1.29, 1.82) is 5.26 Å². The molecule has 3 heteroatoms. The lowest BCUT2D eigenvalue weighted by molar-refractivity contribution is 0.419. The summed E-state index contributed by atoms with van der Waals surface area (Å²) < 4.78 is 5.28. The summed E-state index contributed by atoms with van der Waals surface area (Å²) in [6.45, 7) is 4.23. The van der Waals surface area contributed by atoms with E-state index in [1.807, 2.05) is 12.3 Å². The van der Waals surface area contributed by atoms with Crippen LogP contribution < -0.4 is 4.74 Å². The number of aromatic amines is 1. The van der Waals surface area contributed by atoms with Gasteiger partial charge in [-0.1, -0.05) is 13.8 Å². The molecular weight excluding hydrogens is 200 g/mol. The number of nitriles is 1. The van der Waals surface area contributed by atoms with Gasteiger partial charge in [0, 0.05) is 11.6 Å². The minimum atomic E-state index is 0.382. The molecule has 0 unspecified atom stereocenters. The second kappa shape index (κ2) is 3.90. The number of nitrogens with one attached hydrogen (secondary N) is 1. The van der Waals surface area contributed by atoms with E-state index in [9.17, 15) is 0 Å². The molecule has 16 heavy (non-hydrogen) atoms. The van der Waals surface area contributed by atoms with Crippen molar-refractivity contribution < 1.29 is 4.74 Å². The van der Waals surface area contributed by atoms with Gasteiger partial charge in [0.15, 0.2) is 0 Å². The number of nitrogens with zero attached hydrogens (tertiary/aromatic N) is 1. The summed E-state index contributed by atoms with van der Waals surface area (Å²) in [5.74, 6) is 1.16. The predicted octanol–water partition coefficient (Wildman–Crippen LogP) is 3.17. The molecule has 0 aliphatic heterocycles. The van der Waals surface area contributed by atoms with Crippen LogP contribution in [0.3, 0.4) is 0 Å². The summed E-state index contributed by atoms with van der Waals surface area (Å²) in [4.78, 5) is 3.19. The molecule has 0 spiro atoms. The van der Waals surface area contributed by atoms with Gasteiger partial charge in [-0.25, -0.2) is 0 Å². The molecule has 82 valence electrons. The first-order valence-electron chi connectivity index (χ1n) is 5.27. The first kappa shape index (κ1) is 10.6. The molecule has 2 aromatic rings. The van der Waals surface area contributed by atoms with Crippen molar-refractivity contribution in [2.45, 2.75) is 19.8 Å². The Bertz CT molecular complexity index is 561. The maximum absolute atomic E-state index is 9.12. The van der Waals surface area contributed by atoms with E-state index in [0.29, 0.717) is 11.5 Å². The van der Waals surface area contributed by atoms with Crippen LogP contribution in [-0.2, 0) is 0 Å². The SMILES string of the molecule is COc1ccc(C#N)c2c(C(C)C)c[nH]c12.